The van der Waals surface area contributed by atoms with Crippen molar-refractivity contribution in [3.05, 3.63) is 107 Å². The summed E-state index contributed by atoms with van der Waals surface area (Å²) in [5, 5.41) is 0.131. The first-order valence-electron chi connectivity index (χ1n) is 14.6. The molecule has 2 nitrogen and oxygen atoms in total. The summed E-state index contributed by atoms with van der Waals surface area (Å²) in [5.74, 6) is 0. The Balaban J connectivity index is 0.000000883. The average molecular weight is 633 g/mol. The number of aromatic nitrogens is 2. The molecule has 0 fully saturated rings. The third-order valence-corrected chi connectivity index (χ3v) is 12.5. The van der Waals surface area contributed by atoms with Gasteiger partial charge in [-0.15, -0.1) is 14.8 Å². The molecule has 0 radical (unpaired) electrons. The van der Waals surface area contributed by atoms with Gasteiger partial charge in [-0.1, -0.05) is 96.4 Å². The predicted molar refractivity (Wildman–Crippen MR) is 183 cm³/mol. The number of H-pyrrole nitrogens is 2. The molecule has 2 aromatic carbocycles. The molecule has 0 bridgehead atoms. The van der Waals surface area contributed by atoms with Gasteiger partial charge in [0.1, 0.15) is 0 Å². The van der Waals surface area contributed by atoms with Gasteiger partial charge in [0.2, 0.25) is 0 Å². The number of aromatic amines is 2. The van der Waals surface area contributed by atoms with Gasteiger partial charge in [0.05, 0.1) is 0 Å². The summed E-state index contributed by atoms with van der Waals surface area (Å²) in [6.07, 6.45) is 5.22. The molecular formula is C36H54FeN2P2. The molecule has 2 heterocycles. The standard InChI is InChI=1S/C31H49N2P2.C5H5.Fe/c1-27(2,3)23-19-22(31(34,24-15-13-17-32-24)25-16-14-18-33-25)21(26(23)28(4,5)6)20-35(29(7,8)9)30(10,11)12;1-2-4-5-3-1;/h13-19,32-33H,20,34H2,1-12H3;1-5H;/q2*-1;+2. The van der Waals surface area contributed by atoms with Gasteiger partial charge in [-0.2, -0.15) is 34.9 Å². The first kappa shape index (κ1) is 35.8. The van der Waals surface area contributed by atoms with Crippen LogP contribution in [0.5, 0.6) is 0 Å². The van der Waals surface area contributed by atoms with Crippen molar-refractivity contribution >= 4 is 17.2 Å². The van der Waals surface area contributed by atoms with E-state index >= 15 is 0 Å². The number of nitrogens with one attached hydrogen (secondary N) is 2. The van der Waals surface area contributed by atoms with E-state index in [1.165, 1.54) is 22.5 Å². The Hall–Kier alpha value is -1.36. The van der Waals surface area contributed by atoms with Crippen LogP contribution in [0.15, 0.2) is 73.1 Å². The van der Waals surface area contributed by atoms with Crippen molar-refractivity contribution in [2.24, 2.45) is 0 Å². The monoisotopic (exact) mass is 632 g/mol. The molecule has 4 aromatic rings. The van der Waals surface area contributed by atoms with E-state index in [9.17, 15) is 0 Å². The van der Waals surface area contributed by atoms with Crippen LogP contribution in [0, 0.1) is 0 Å². The van der Waals surface area contributed by atoms with Gasteiger partial charge in [0.25, 0.3) is 0 Å². The summed E-state index contributed by atoms with van der Waals surface area (Å²) in [6, 6.07) is 21.2. The SMILES string of the molecule is CC(C)(C)c1cc(C(P)(c2ccc[nH]2)c2ccc[nH]2)c(CP(C(C)(C)C)C(C)(C)C)[c-]1C(C)(C)C.[Fe+2].c1cc[cH-]c1. The van der Waals surface area contributed by atoms with Crippen LogP contribution in [-0.4, -0.2) is 20.3 Å². The zero-order valence-electron chi connectivity index (χ0n) is 27.5. The van der Waals surface area contributed by atoms with E-state index in [1.807, 2.05) is 42.7 Å². The van der Waals surface area contributed by atoms with Gasteiger partial charge >= 0.3 is 17.1 Å². The van der Waals surface area contributed by atoms with Crippen LogP contribution < -0.4 is 0 Å². The molecule has 5 heteroatoms. The minimum Gasteiger partial charge on any atom is -0.365 e. The summed E-state index contributed by atoms with van der Waals surface area (Å²) < 4.78 is 0. The van der Waals surface area contributed by atoms with Crippen molar-refractivity contribution in [2.75, 3.05) is 0 Å². The summed E-state index contributed by atoms with van der Waals surface area (Å²) in [7, 11) is 2.95. The van der Waals surface area contributed by atoms with Crippen molar-refractivity contribution in [3.8, 4) is 0 Å². The van der Waals surface area contributed by atoms with Gasteiger partial charge in [-0.05, 0) is 46.2 Å². The zero-order chi connectivity index (χ0) is 30.1. The Labute approximate surface area is 265 Å². The van der Waals surface area contributed by atoms with Gasteiger partial charge in [0, 0.05) is 28.9 Å². The summed E-state index contributed by atoms with van der Waals surface area (Å²) in [6.45, 7) is 29.0. The van der Waals surface area contributed by atoms with Crippen LogP contribution in [0.3, 0.4) is 0 Å². The second kappa shape index (κ2) is 13.1. The van der Waals surface area contributed by atoms with Crippen molar-refractivity contribution in [1.82, 2.24) is 9.97 Å². The Bertz CT molecular complexity index is 1230. The summed E-state index contributed by atoms with van der Waals surface area (Å²) in [5.41, 5.74) is 8.51. The average Bonchev–Trinajstić information content (AvgIpc) is 3.62. The second-order valence-corrected chi connectivity index (χ2v) is 19.9. The number of rotatable bonds is 5. The minimum absolute atomic E-state index is 0. The van der Waals surface area contributed by atoms with Crippen molar-refractivity contribution < 1.29 is 17.1 Å². The van der Waals surface area contributed by atoms with Crippen LogP contribution in [0.2, 0.25) is 0 Å². The molecule has 0 spiro atoms. The summed E-state index contributed by atoms with van der Waals surface area (Å²) >= 11 is 0. The normalized spacial score (nSPS) is 13.1. The van der Waals surface area contributed by atoms with Crippen LogP contribution in [0.1, 0.15) is 117 Å². The molecule has 2 N–H and O–H groups in total. The second-order valence-electron chi connectivity index (χ2n) is 15.2. The molecule has 41 heavy (non-hydrogen) atoms. The Kier molecular flexibility index (Phi) is 11.5. The third-order valence-electron chi connectivity index (χ3n) is 7.70. The van der Waals surface area contributed by atoms with E-state index < -0.39 is 0 Å². The molecule has 0 aliphatic carbocycles. The molecule has 226 valence electrons. The fraction of sp³-hybridized carbons (Fsp3) is 0.500. The number of hydrogen-bond donors (Lipinski definition) is 2. The molecule has 2 aromatic heterocycles. The maximum atomic E-state index is 3.58. The van der Waals surface area contributed by atoms with E-state index in [0.29, 0.717) is 0 Å². The minimum atomic E-state index is -0.372. The molecule has 0 saturated carbocycles. The van der Waals surface area contributed by atoms with Gasteiger partial charge in [-0.3, -0.25) is 0 Å². The zero-order valence-corrected chi connectivity index (χ0v) is 30.7. The summed E-state index contributed by atoms with van der Waals surface area (Å²) in [4.78, 5) is 7.15. The van der Waals surface area contributed by atoms with E-state index in [4.69, 9.17) is 0 Å². The maximum Gasteiger partial charge on any atom is 2.00 e. The maximum absolute atomic E-state index is 3.58. The van der Waals surface area contributed by atoms with Crippen LogP contribution in [-0.2, 0) is 39.2 Å². The molecule has 0 amide bonds. The van der Waals surface area contributed by atoms with Gasteiger partial charge < -0.3 is 9.97 Å². The van der Waals surface area contributed by atoms with E-state index in [2.05, 4.69) is 133 Å². The molecule has 1 atom stereocenters. The molecule has 1 unspecified atom stereocenters. The van der Waals surface area contributed by atoms with Crippen molar-refractivity contribution in [3.63, 3.8) is 0 Å². The van der Waals surface area contributed by atoms with Crippen molar-refractivity contribution in [2.45, 2.75) is 116 Å². The van der Waals surface area contributed by atoms with Gasteiger partial charge in [-0.25, -0.2) is 18.2 Å². The van der Waals surface area contributed by atoms with Crippen LogP contribution in [0.25, 0.3) is 0 Å². The molecule has 0 saturated heterocycles. The predicted octanol–water partition coefficient (Wildman–Crippen LogP) is 10.8. The first-order chi connectivity index (χ1) is 18.3. The van der Waals surface area contributed by atoms with Crippen LogP contribution in [0.4, 0.5) is 0 Å². The first-order valence-corrected chi connectivity index (χ1v) is 16.7. The Morgan fingerprint density at radius 3 is 1.51 bits per heavy atom. The van der Waals surface area contributed by atoms with E-state index in [1.54, 1.807) is 11.1 Å². The molecular weight excluding hydrogens is 578 g/mol. The molecule has 0 aliphatic rings. The fourth-order valence-corrected chi connectivity index (χ4v) is 10.3. The van der Waals surface area contributed by atoms with Crippen molar-refractivity contribution in [1.29, 1.82) is 0 Å². The van der Waals surface area contributed by atoms with Crippen LogP contribution >= 0.6 is 17.2 Å². The Morgan fingerprint density at radius 2 is 1.22 bits per heavy atom. The largest absolute Gasteiger partial charge is 2.00 e. The quantitative estimate of drug-likeness (QED) is 0.125. The Morgan fingerprint density at radius 1 is 0.756 bits per heavy atom. The van der Waals surface area contributed by atoms with E-state index in [-0.39, 0.29) is 51.3 Å². The smallest absolute Gasteiger partial charge is 0.365 e. The van der Waals surface area contributed by atoms with Gasteiger partial charge in [0.15, 0.2) is 0 Å². The topological polar surface area (TPSA) is 31.6 Å². The number of hydrogen-bond acceptors (Lipinski definition) is 0. The molecule has 4 rings (SSSR count). The van der Waals surface area contributed by atoms with E-state index in [0.717, 1.165) is 6.16 Å². The fourth-order valence-electron chi connectivity index (χ4n) is 6.11. The third kappa shape index (κ3) is 8.18. The molecule has 0 aliphatic heterocycles.